The van der Waals surface area contributed by atoms with Crippen molar-refractivity contribution >= 4 is 0 Å². The van der Waals surface area contributed by atoms with Gasteiger partial charge in [0.05, 0.1) is 0 Å². The minimum Gasteiger partial charge on any atom is -0.356 e. The van der Waals surface area contributed by atoms with Gasteiger partial charge >= 0.3 is 0 Å². The van der Waals surface area contributed by atoms with Crippen LogP contribution < -0.4 is 0 Å². The largest absolute Gasteiger partial charge is 0.356 e. The van der Waals surface area contributed by atoms with E-state index < -0.39 is 0 Å². The van der Waals surface area contributed by atoms with Crippen LogP contribution in [-0.4, -0.2) is 22.5 Å². The Morgan fingerprint density at radius 1 is 0.486 bits per heavy atom. The van der Waals surface area contributed by atoms with Gasteiger partial charge in [-0.15, -0.1) is 0 Å². The molecule has 0 N–H and O–H groups in total. The first-order valence-electron chi connectivity index (χ1n) is 16.6. The molecule has 212 valence electrons. The lowest BCUT2D eigenvalue weighted by atomic mass is 10.0. The highest BCUT2D eigenvalue weighted by atomic mass is 15.4. The Balaban J connectivity index is 1.51. The molecule has 0 aromatic heterocycles. The van der Waals surface area contributed by atoms with E-state index in [4.69, 9.17) is 0 Å². The van der Waals surface area contributed by atoms with Crippen LogP contribution in [0.2, 0.25) is 0 Å². The monoisotopic (exact) mass is 510 g/mol. The maximum absolute atomic E-state index is 2.65. The standard InChI is InChI=1S/C35H62N2/c1-3-5-7-9-10-11-12-13-14-15-16-17-18-19-21-26-30-36-31-32-37(33-34-27-23-22-24-28-34)35(36)29-25-20-8-6-4-2/h22-24,27-28,31-32,35H,3-21,25-26,29-30,33H2,1-2H3. The van der Waals surface area contributed by atoms with Gasteiger partial charge in [0.1, 0.15) is 6.17 Å². The minimum absolute atomic E-state index is 0.554. The number of rotatable bonds is 25. The molecule has 1 unspecified atom stereocenters. The molecule has 1 aliphatic rings. The summed E-state index contributed by atoms with van der Waals surface area (Å²) >= 11 is 0. The van der Waals surface area contributed by atoms with Gasteiger partial charge in [0.25, 0.3) is 0 Å². The fraction of sp³-hybridized carbons (Fsp3) is 0.771. The first-order chi connectivity index (χ1) is 18.3. The highest BCUT2D eigenvalue weighted by Gasteiger charge is 2.25. The Morgan fingerprint density at radius 2 is 0.919 bits per heavy atom. The van der Waals surface area contributed by atoms with E-state index in [0.717, 1.165) is 6.54 Å². The molecule has 0 bridgehead atoms. The highest BCUT2D eigenvalue weighted by molar-refractivity contribution is 5.16. The van der Waals surface area contributed by atoms with Crippen molar-refractivity contribution in [2.24, 2.45) is 0 Å². The average Bonchev–Trinajstić information content (AvgIpc) is 3.29. The van der Waals surface area contributed by atoms with Crippen molar-refractivity contribution < 1.29 is 0 Å². The van der Waals surface area contributed by atoms with Gasteiger partial charge in [-0.05, 0) is 24.8 Å². The highest BCUT2D eigenvalue weighted by Crippen LogP contribution is 2.25. The molecule has 1 aromatic carbocycles. The van der Waals surface area contributed by atoms with Gasteiger partial charge in [-0.3, -0.25) is 0 Å². The average molecular weight is 511 g/mol. The van der Waals surface area contributed by atoms with Crippen molar-refractivity contribution in [2.45, 2.75) is 168 Å². The van der Waals surface area contributed by atoms with Crippen molar-refractivity contribution in [2.75, 3.05) is 6.54 Å². The maximum atomic E-state index is 2.65. The van der Waals surface area contributed by atoms with Crippen LogP contribution in [0.3, 0.4) is 0 Å². The Morgan fingerprint density at radius 3 is 1.43 bits per heavy atom. The van der Waals surface area contributed by atoms with E-state index in [2.05, 4.69) is 66.4 Å². The van der Waals surface area contributed by atoms with Gasteiger partial charge in [0.15, 0.2) is 0 Å². The zero-order valence-electron chi connectivity index (χ0n) is 25.0. The molecule has 0 fully saturated rings. The third kappa shape index (κ3) is 15.5. The lowest BCUT2D eigenvalue weighted by molar-refractivity contribution is 0.132. The molecule has 2 rings (SSSR count). The van der Waals surface area contributed by atoms with Crippen molar-refractivity contribution in [3.05, 3.63) is 48.3 Å². The first-order valence-corrected chi connectivity index (χ1v) is 16.6. The molecule has 2 heteroatoms. The molecule has 0 spiro atoms. The van der Waals surface area contributed by atoms with Gasteiger partial charge in [-0.2, -0.15) is 0 Å². The second kappa shape index (κ2) is 22.5. The Labute approximate surface area is 232 Å². The summed E-state index contributed by atoms with van der Waals surface area (Å²) < 4.78 is 0. The maximum Gasteiger partial charge on any atom is 0.101 e. The molecule has 1 atom stereocenters. The number of benzene rings is 1. The van der Waals surface area contributed by atoms with Gasteiger partial charge in [0.2, 0.25) is 0 Å². The van der Waals surface area contributed by atoms with Gasteiger partial charge in [-0.1, -0.05) is 166 Å². The van der Waals surface area contributed by atoms with Gasteiger partial charge in [-0.25, -0.2) is 0 Å². The van der Waals surface area contributed by atoms with Crippen LogP contribution >= 0.6 is 0 Å². The lowest BCUT2D eigenvalue weighted by Crippen LogP contribution is -2.38. The van der Waals surface area contributed by atoms with Crippen molar-refractivity contribution in [1.82, 2.24) is 9.80 Å². The Kier molecular flexibility index (Phi) is 19.4. The van der Waals surface area contributed by atoms with Crippen molar-refractivity contribution in [1.29, 1.82) is 0 Å². The number of hydrogen-bond donors (Lipinski definition) is 0. The summed E-state index contributed by atoms with van der Waals surface area (Å²) in [6.45, 7) is 6.87. The Hall–Kier alpha value is -1.44. The minimum atomic E-state index is 0.554. The van der Waals surface area contributed by atoms with E-state index in [1.54, 1.807) is 0 Å². The normalized spacial score (nSPS) is 15.2. The van der Waals surface area contributed by atoms with Crippen LogP contribution in [0.5, 0.6) is 0 Å². The third-order valence-corrected chi connectivity index (χ3v) is 8.26. The second-order valence-corrected chi connectivity index (χ2v) is 11.7. The molecular weight excluding hydrogens is 448 g/mol. The summed E-state index contributed by atoms with van der Waals surface area (Å²) in [6, 6.07) is 11.0. The molecule has 1 heterocycles. The van der Waals surface area contributed by atoms with Gasteiger partial charge in [0, 0.05) is 25.5 Å². The second-order valence-electron chi connectivity index (χ2n) is 11.7. The van der Waals surface area contributed by atoms with Crippen LogP contribution in [-0.2, 0) is 6.54 Å². The zero-order valence-corrected chi connectivity index (χ0v) is 25.0. The zero-order chi connectivity index (χ0) is 26.2. The first kappa shape index (κ1) is 31.8. The number of hydrogen-bond acceptors (Lipinski definition) is 2. The van der Waals surface area contributed by atoms with E-state index in [1.165, 1.54) is 153 Å². The van der Waals surface area contributed by atoms with Crippen LogP contribution in [0.1, 0.15) is 161 Å². The van der Waals surface area contributed by atoms with E-state index in [-0.39, 0.29) is 0 Å². The smallest absolute Gasteiger partial charge is 0.101 e. The van der Waals surface area contributed by atoms with E-state index >= 15 is 0 Å². The Bertz CT molecular complexity index is 640. The summed E-state index contributed by atoms with van der Waals surface area (Å²) in [7, 11) is 0. The number of unbranched alkanes of at least 4 members (excludes halogenated alkanes) is 19. The fourth-order valence-electron chi connectivity index (χ4n) is 5.84. The molecule has 1 aliphatic heterocycles. The topological polar surface area (TPSA) is 6.48 Å². The van der Waals surface area contributed by atoms with Crippen LogP contribution in [0.15, 0.2) is 42.7 Å². The van der Waals surface area contributed by atoms with E-state index in [1.807, 2.05) is 0 Å². The lowest BCUT2D eigenvalue weighted by Gasteiger charge is -2.33. The van der Waals surface area contributed by atoms with E-state index in [9.17, 15) is 0 Å². The molecule has 0 saturated heterocycles. The summed E-state index contributed by atoms with van der Waals surface area (Å²) in [5.41, 5.74) is 1.42. The summed E-state index contributed by atoms with van der Waals surface area (Å²) in [5, 5.41) is 0. The quantitative estimate of drug-likeness (QED) is 0.121. The SMILES string of the molecule is CCCCCCCCCCCCCCCCCCN1C=CN(Cc2ccccc2)C1CCCCCCC. The third-order valence-electron chi connectivity index (χ3n) is 8.26. The van der Waals surface area contributed by atoms with Crippen LogP contribution in [0.25, 0.3) is 0 Å². The molecule has 0 amide bonds. The molecule has 1 aromatic rings. The van der Waals surface area contributed by atoms with Crippen molar-refractivity contribution in [3.63, 3.8) is 0 Å². The summed E-state index contributed by atoms with van der Waals surface area (Å²) in [5.74, 6) is 0. The molecule has 0 saturated carbocycles. The molecule has 37 heavy (non-hydrogen) atoms. The van der Waals surface area contributed by atoms with Crippen molar-refractivity contribution in [3.8, 4) is 0 Å². The van der Waals surface area contributed by atoms with Crippen LogP contribution in [0.4, 0.5) is 0 Å². The molecular formula is C35H62N2. The predicted octanol–water partition coefficient (Wildman–Crippen LogP) is 11.2. The molecule has 2 nitrogen and oxygen atoms in total. The summed E-state index contributed by atoms with van der Waals surface area (Å²) in [6.07, 6.45) is 36.5. The van der Waals surface area contributed by atoms with Gasteiger partial charge < -0.3 is 9.80 Å². The number of nitrogens with zero attached hydrogens (tertiary/aromatic N) is 2. The fourth-order valence-corrected chi connectivity index (χ4v) is 5.84. The predicted molar refractivity (Wildman–Crippen MR) is 165 cm³/mol. The van der Waals surface area contributed by atoms with Crippen LogP contribution in [0, 0.1) is 0 Å². The summed E-state index contributed by atoms with van der Waals surface area (Å²) in [4.78, 5) is 5.23. The van der Waals surface area contributed by atoms with E-state index in [0.29, 0.717) is 6.17 Å². The molecule has 0 radical (unpaired) electrons. The molecule has 0 aliphatic carbocycles.